The summed E-state index contributed by atoms with van der Waals surface area (Å²) < 4.78 is 1.90. The van der Waals surface area contributed by atoms with Crippen molar-refractivity contribution < 1.29 is 5.11 Å². The number of halogens is 1. The van der Waals surface area contributed by atoms with Crippen molar-refractivity contribution in [2.75, 3.05) is 0 Å². The van der Waals surface area contributed by atoms with E-state index in [9.17, 15) is 5.11 Å². The number of fused-ring (bicyclic) bond motifs is 1. The summed E-state index contributed by atoms with van der Waals surface area (Å²) in [6.45, 7) is 8.11. The fourth-order valence-corrected chi connectivity index (χ4v) is 2.25. The van der Waals surface area contributed by atoms with E-state index in [0.29, 0.717) is 5.15 Å². The highest BCUT2D eigenvalue weighted by Crippen LogP contribution is 2.32. The van der Waals surface area contributed by atoms with Crippen molar-refractivity contribution in [3.05, 3.63) is 29.2 Å². The van der Waals surface area contributed by atoms with Crippen LogP contribution < -0.4 is 0 Å². The van der Waals surface area contributed by atoms with Crippen LogP contribution in [0.2, 0.25) is 5.15 Å². The zero-order valence-electron chi connectivity index (χ0n) is 10.5. The highest BCUT2D eigenvalue weighted by Gasteiger charge is 2.22. The van der Waals surface area contributed by atoms with Crippen molar-refractivity contribution in [2.45, 2.75) is 39.3 Å². The van der Waals surface area contributed by atoms with Gasteiger partial charge in [-0.05, 0) is 19.1 Å². The Bertz CT molecular complexity index is 552. The molecule has 1 atom stereocenters. The molecular weight excluding hydrogens is 236 g/mol. The van der Waals surface area contributed by atoms with Gasteiger partial charge in [0.25, 0.3) is 0 Å². The van der Waals surface area contributed by atoms with Gasteiger partial charge < -0.3 is 9.67 Å². The minimum absolute atomic E-state index is 0.0392. The number of hydrogen-bond acceptors (Lipinski definition) is 2. The van der Waals surface area contributed by atoms with Crippen LogP contribution in [0.1, 0.15) is 39.6 Å². The molecule has 2 heterocycles. The Hall–Kier alpha value is -1.06. The number of rotatable bonds is 1. The SMILES string of the molecule is CC(O)n1c(C(C)(C)C)cc2cc(Cl)ncc21. The zero-order chi connectivity index (χ0) is 12.8. The summed E-state index contributed by atoms with van der Waals surface area (Å²) in [7, 11) is 0. The van der Waals surface area contributed by atoms with Gasteiger partial charge in [0.15, 0.2) is 0 Å². The maximum atomic E-state index is 9.93. The van der Waals surface area contributed by atoms with E-state index < -0.39 is 6.23 Å². The molecular formula is C13H17ClN2O. The van der Waals surface area contributed by atoms with E-state index in [1.165, 1.54) is 0 Å². The summed E-state index contributed by atoms with van der Waals surface area (Å²) in [5.41, 5.74) is 1.95. The first kappa shape index (κ1) is 12.4. The smallest absolute Gasteiger partial charge is 0.129 e. The molecule has 1 unspecified atom stereocenters. The van der Waals surface area contributed by atoms with Crippen molar-refractivity contribution in [3.8, 4) is 0 Å². The number of aromatic nitrogens is 2. The molecule has 2 aromatic heterocycles. The van der Waals surface area contributed by atoms with Crippen LogP contribution in [0.5, 0.6) is 0 Å². The zero-order valence-corrected chi connectivity index (χ0v) is 11.3. The van der Waals surface area contributed by atoms with Gasteiger partial charge in [-0.1, -0.05) is 32.4 Å². The largest absolute Gasteiger partial charge is 0.374 e. The minimum atomic E-state index is -0.579. The Balaban J connectivity index is 2.80. The van der Waals surface area contributed by atoms with Gasteiger partial charge in [0.05, 0.1) is 11.7 Å². The maximum absolute atomic E-state index is 9.93. The lowest BCUT2D eigenvalue weighted by molar-refractivity contribution is 0.123. The van der Waals surface area contributed by atoms with E-state index in [2.05, 4.69) is 31.8 Å². The second-order valence-electron chi connectivity index (χ2n) is 5.35. The molecule has 3 nitrogen and oxygen atoms in total. The molecule has 2 aromatic rings. The van der Waals surface area contributed by atoms with E-state index in [4.69, 9.17) is 11.6 Å². The van der Waals surface area contributed by atoms with Crippen LogP contribution in [0, 0.1) is 0 Å². The number of aliphatic hydroxyl groups excluding tert-OH is 1. The van der Waals surface area contributed by atoms with Crippen LogP contribution in [-0.4, -0.2) is 14.7 Å². The number of pyridine rings is 1. The van der Waals surface area contributed by atoms with Crippen LogP contribution in [0.15, 0.2) is 18.3 Å². The molecule has 0 aromatic carbocycles. The van der Waals surface area contributed by atoms with E-state index in [1.54, 1.807) is 13.1 Å². The van der Waals surface area contributed by atoms with E-state index >= 15 is 0 Å². The fraction of sp³-hybridized carbons (Fsp3) is 0.462. The third kappa shape index (κ3) is 2.17. The Morgan fingerprint density at radius 2 is 2.00 bits per heavy atom. The molecule has 0 spiro atoms. The number of hydrogen-bond donors (Lipinski definition) is 1. The van der Waals surface area contributed by atoms with Crippen molar-refractivity contribution in [2.24, 2.45) is 0 Å². The molecule has 0 aliphatic rings. The molecule has 92 valence electrons. The Kier molecular flexibility index (Phi) is 2.92. The summed E-state index contributed by atoms with van der Waals surface area (Å²) in [6.07, 6.45) is 1.13. The monoisotopic (exact) mass is 252 g/mol. The van der Waals surface area contributed by atoms with Crippen molar-refractivity contribution in [1.29, 1.82) is 0 Å². The highest BCUT2D eigenvalue weighted by molar-refractivity contribution is 6.30. The lowest BCUT2D eigenvalue weighted by atomic mass is 9.92. The van der Waals surface area contributed by atoms with Gasteiger partial charge >= 0.3 is 0 Å². The number of nitrogens with zero attached hydrogens (tertiary/aromatic N) is 2. The van der Waals surface area contributed by atoms with Gasteiger partial charge in [-0.25, -0.2) is 4.98 Å². The maximum Gasteiger partial charge on any atom is 0.129 e. The van der Waals surface area contributed by atoms with Crippen molar-refractivity contribution in [3.63, 3.8) is 0 Å². The molecule has 2 rings (SSSR count). The molecule has 0 amide bonds. The quantitative estimate of drug-likeness (QED) is 0.789. The van der Waals surface area contributed by atoms with Gasteiger partial charge in [0.1, 0.15) is 11.4 Å². The Morgan fingerprint density at radius 3 is 2.53 bits per heavy atom. The second kappa shape index (κ2) is 4.00. The first-order chi connectivity index (χ1) is 7.80. The average Bonchev–Trinajstić information content (AvgIpc) is 2.55. The Labute approximate surface area is 106 Å². The van der Waals surface area contributed by atoms with Gasteiger partial charge in [0, 0.05) is 16.5 Å². The average molecular weight is 253 g/mol. The number of aliphatic hydroxyl groups is 1. The minimum Gasteiger partial charge on any atom is -0.374 e. The van der Waals surface area contributed by atoms with Gasteiger partial charge in [-0.2, -0.15) is 0 Å². The van der Waals surface area contributed by atoms with Crippen LogP contribution in [-0.2, 0) is 5.41 Å². The molecule has 0 saturated heterocycles. The van der Waals surface area contributed by atoms with Crippen LogP contribution >= 0.6 is 11.6 Å². The molecule has 0 radical (unpaired) electrons. The molecule has 0 saturated carbocycles. The van der Waals surface area contributed by atoms with E-state index in [1.807, 2.05) is 10.6 Å². The van der Waals surface area contributed by atoms with Crippen molar-refractivity contribution >= 4 is 22.5 Å². The Morgan fingerprint density at radius 1 is 1.35 bits per heavy atom. The predicted molar refractivity (Wildman–Crippen MR) is 70.4 cm³/mol. The summed E-state index contributed by atoms with van der Waals surface area (Å²) >= 11 is 5.89. The second-order valence-corrected chi connectivity index (χ2v) is 5.73. The van der Waals surface area contributed by atoms with Gasteiger partial charge in [0.2, 0.25) is 0 Å². The van der Waals surface area contributed by atoms with Gasteiger partial charge in [-0.3, -0.25) is 0 Å². The molecule has 0 fully saturated rings. The fourth-order valence-electron chi connectivity index (χ4n) is 2.08. The first-order valence-electron chi connectivity index (χ1n) is 5.66. The topological polar surface area (TPSA) is 38.0 Å². The lowest BCUT2D eigenvalue weighted by Crippen LogP contribution is -2.19. The predicted octanol–water partition coefficient (Wildman–Crippen LogP) is 3.50. The van der Waals surface area contributed by atoms with Crippen molar-refractivity contribution in [1.82, 2.24) is 9.55 Å². The summed E-state index contributed by atoms with van der Waals surface area (Å²) in [5, 5.41) is 11.4. The molecule has 4 heteroatoms. The van der Waals surface area contributed by atoms with Crippen LogP contribution in [0.3, 0.4) is 0 Å². The van der Waals surface area contributed by atoms with Gasteiger partial charge in [-0.15, -0.1) is 0 Å². The normalized spacial score (nSPS) is 14.2. The highest BCUT2D eigenvalue weighted by atomic mass is 35.5. The van der Waals surface area contributed by atoms with Crippen LogP contribution in [0.4, 0.5) is 0 Å². The first-order valence-corrected chi connectivity index (χ1v) is 6.03. The third-order valence-electron chi connectivity index (χ3n) is 2.83. The molecule has 0 aliphatic heterocycles. The molecule has 1 N–H and O–H groups in total. The van der Waals surface area contributed by atoms with E-state index in [0.717, 1.165) is 16.6 Å². The molecule has 17 heavy (non-hydrogen) atoms. The summed E-state index contributed by atoms with van der Waals surface area (Å²) in [5.74, 6) is 0. The lowest BCUT2D eigenvalue weighted by Gasteiger charge is -2.23. The van der Waals surface area contributed by atoms with Crippen LogP contribution in [0.25, 0.3) is 10.9 Å². The third-order valence-corrected chi connectivity index (χ3v) is 3.04. The summed E-state index contributed by atoms with van der Waals surface area (Å²) in [6, 6.07) is 3.89. The summed E-state index contributed by atoms with van der Waals surface area (Å²) in [4.78, 5) is 4.08. The van der Waals surface area contributed by atoms with E-state index in [-0.39, 0.29) is 5.41 Å². The standard InChI is InChI=1S/C13H17ClN2O/c1-8(17)16-10-7-15-12(14)6-9(10)5-11(16)13(2,3)4/h5-8,17H,1-4H3. The molecule has 0 bridgehead atoms. The molecule has 0 aliphatic carbocycles.